The van der Waals surface area contributed by atoms with Gasteiger partial charge in [-0.2, -0.15) is 0 Å². The fourth-order valence-electron chi connectivity index (χ4n) is 9.50. The molecule has 5 atom stereocenters. The molecule has 1 N–H and O–H groups in total. The third kappa shape index (κ3) is 8.34. The molecule has 0 aromatic carbocycles. The van der Waals surface area contributed by atoms with Gasteiger partial charge in [0.2, 0.25) is 0 Å². The summed E-state index contributed by atoms with van der Waals surface area (Å²) in [6.45, 7) is 8.35. The van der Waals surface area contributed by atoms with Crippen LogP contribution in [0.2, 0.25) is 0 Å². The number of esters is 1. The lowest BCUT2D eigenvalue weighted by atomic mass is 9.59. The Balaban J connectivity index is 1.15. The molecule has 0 radical (unpaired) electrons. The highest BCUT2D eigenvalue weighted by molar-refractivity contribution is 5.86. The summed E-state index contributed by atoms with van der Waals surface area (Å²) in [6, 6.07) is 0. The summed E-state index contributed by atoms with van der Waals surface area (Å²) in [7, 11) is 0. The Morgan fingerprint density at radius 1 is 0.789 bits per heavy atom. The van der Waals surface area contributed by atoms with E-state index in [2.05, 4.69) is 13.5 Å². The van der Waals surface area contributed by atoms with Crippen LogP contribution in [0.3, 0.4) is 0 Å². The lowest BCUT2D eigenvalue weighted by Gasteiger charge is -2.46. The summed E-state index contributed by atoms with van der Waals surface area (Å²) in [5.41, 5.74) is 0.463. The first-order valence-corrected chi connectivity index (χ1v) is 16.9. The van der Waals surface area contributed by atoms with Crippen molar-refractivity contribution in [3.8, 4) is 0 Å². The van der Waals surface area contributed by atoms with E-state index in [1.807, 2.05) is 0 Å². The third-order valence-corrected chi connectivity index (χ3v) is 11.9. The van der Waals surface area contributed by atoms with Crippen molar-refractivity contribution in [1.29, 1.82) is 0 Å². The first kappa shape index (κ1) is 30.1. The van der Waals surface area contributed by atoms with Gasteiger partial charge in [-0.1, -0.05) is 45.6 Å². The number of hydrogen-bond acceptors (Lipinski definition) is 3. The monoisotopic (exact) mass is 528 g/mol. The molecule has 0 aliphatic heterocycles. The molecule has 4 rings (SSSR count). The van der Waals surface area contributed by atoms with Crippen molar-refractivity contribution in [3.63, 3.8) is 0 Å². The zero-order valence-electron chi connectivity index (χ0n) is 25.0. The highest BCUT2D eigenvalue weighted by Crippen LogP contribution is 2.51. The number of carbonyl (C=O) groups excluding carboxylic acids is 1. The minimum atomic E-state index is -0.290. The number of fused-ring (bicyclic) bond motifs is 1. The van der Waals surface area contributed by atoms with Gasteiger partial charge in [-0.25, -0.2) is 4.79 Å². The summed E-state index contributed by atoms with van der Waals surface area (Å²) in [4.78, 5) is 11.9. The minimum Gasteiger partial charge on any atom is -0.462 e. The van der Waals surface area contributed by atoms with Crippen LogP contribution < -0.4 is 0 Å². The molecule has 0 amide bonds. The van der Waals surface area contributed by atoms with E-state index in [0.29, 0.717) is 24.0 Å². The predicted octanol–water partition coefficient (Wildman–Crippen LogP) is 9.13. The van der Waals surface area contributed by atoms with Crippen molar-refractivity contribution in [1.82, 2.24) is 0 Å². The summed E-state index contributed by atoms with van der Waals surface area (Å²) in [6.07, 6.45) is 26.9. The molecule has 0 saturated heterocycles. The van der Waals surface area contributed by atoms with Crippen LogP contribution in [-0.2, 0) is 9.53 Å². The average molecular weight is 529 g/mol. The molecule has 0 spiro atoms. The molecule has 0 aromatic heterocycles. The third-order valence-electron chi connectivity index (χ3n) is 11.9. The quantitative estimate of drug-likeness (QED) is 0.156. The van der Waals surface area contributed by atoms with Gasteiger partial charge in [0.15, 0.2) is 0 Å². The van der Waals surface area contributed by atoms with Crippen LogP contribution in [0.1, 0.15) is 136 Å². The molecule has 0 bridgehead atoms. The molecule has 4 aliphatic carbocycles. The molecule has 3 heteroatoms. The van der Waals surface area contributed by atoms with Crippen LogP contribution in [0, 0.1) is 53.3 Å². The molecule has 38 heavy (non-hydrogen) atoms. The summed E-state index contributed by atoms with van der Waals surface area (Å²) < 4.78 is 5.49. The molecule has 218 valence electrons. The Bertz CT molecular complexity index is 715. The largest absolute Gasteiger partial charge is 0.462 e. The molecule has 5 unspecified atom stereocenters. The van der Waals surface area contributed by atoms with E-state index in [1.54, 1.807) is 32.6 Å². The Morgan fingerprint density at radius 2 is 1.32 bits per heavy atom. The lowest BCUT2D eigenvalue weighted by molar-refractivity contribution is -0.141. The fraction of sp³-hybridized carbons (Fsp3) is 0.914. The topological polar surface area (TPSA) is 46.5 Å². The van der Waals surface area contributed by atoms with Crippen LogP contribution in [0.15, 0.2) is 12.2 Å². The van der Waals surface area contributed by atoms with Crippen molar-refractivity contribution < 1.29 is 14.6 Å². The Kier molecular flexibility index (Phi) is 12.1. The normalized spacial score (nSPS) is 36.7. The highest BCUT2D eigenvalue weighted by Gasteiger charge is 2.40. The van der Waals surface area contributed by atoms with Gasteiger partial charge in [0.25, 0.3) is 0 Å². The Morgan fingerprint density at radius 3 is 1.92 bits per heavy atom. The minimum absolute atomic E-state index is 0.182. The van der Waals surface area contributed by atoms with Gasteiger partial charge in [-0.3, -0.25) is 0 Å². The van der Waals surface area contributed by atoms with Crippen molar-refractivity contribution in [2.45, 2.75) is 136 Å². The van der Waals surface area contributed by atoms with Crippen molar-refractivity contribution >= 4 is 5.97 Å². The summed E-state index contributed by atoms with van der Waals surface area (Å²) >= 11 is 0. The van der Waals surface area contributed by atoms with Gasteiger partial charge in [0, 0.05) is 12.2 Å². The fourth-order valence-corrected chi connectivity index (χ4v) is 9.50. The van der Waals surface area contributed by atoms with Gasteiger partial charge in [-0.15, -0.1) is 0 Å². The lowest BCUT2D eigenvalue weighted by Crippen LogP contribution is -2.35. The second kappa shape index (κ2) is 15.2. The average Bonchev–Trinajstić information content (AvgIpc) is 2.95. The van der Waals surface area contributed by atoms with Crippen molar-refractivity contribution in [2.24, 2.45) is 53.3 Å². The highest BCUT2D eigenvalue weighted by atomic mass is 16.5. The predicted molar refractivity (Wildman–Crippen MR) is 158 cm³/mol. The van der Waals surface area contributed by atoms with Crippen molar-refractivity contribution in [3.05, 3.63) is 12.2 Å². The summed E-state index contributed by atoms with van der Waals surface area (Å²) in [5, 5.41) is 9.59. The van der Waals surface area contributed by atoms with Crippen molar-refractivity contribution in [2.75, 3.05) is 13.2 Å². The number of rotatable bonds is 12. The maximum absolute atomic E-state index is 11.9. The zero-order chi connectivity index (χ0) is 26.9. The number of unbranched alkanes of at least 4 members (excludes halogenated alkanes) is 2. The second-order valence-corrected chi connectivity index (χ2v) is 14.3. The summed E-state index contributed by atoms with van der Waals surface area (Å²) in [5.74, 6) is 7.66. The van der Waals surface area contributed by atoms with E-state index in [-0.39, 0.29) is 12.6 Å². The van der Waals surface area contributed by atoms with Gasteiger partial charge in [-0.05, 0) is 150 Å². The maximum atomic E-state index is 11.9. The van der Waals surface area contributed by atoms with E-state index in [1.165, 1.54) is 89.9 Å². The Hall–Kier alpha value is -0.830. The number of hydrogen-bond donors (Lipinski definition) is 1. The number of aliphatic hydroxyl groups excluding tert-OH is 1. The first-order chi connectivity index (χ1) is 18.5. The number of aliphatic hydroxyl groups is 1. The standard InChI is InChI=1S/C35H60O3/c1-4-5-6-7-26-8-9-33-23-32(19-18-31(33)22-26)29-14-10-27(11-15-29)28-12-16-30(17-13-28)34(20-21-36)24-38-35(37)25(2)3/h26-34,36H,2,4-24H2,1,3H3. The second-order valence-electron chi connectivity index (χ2n) is 14.3. The van der Waals surface area contributed by atoms with E-state index in [0.717, 1.165) is 47.8 Å². The van der Waals surface area contributed by atoms with Gasteiger partial charge in [0.05, 0.1) is 6.61 Å². The molecule has 0 aromatic rings. The molecule has 4 fully saturated rings. The van der Waals surface area contributed by atoms with Gasteiger partial charge >= 0.3 is 5.97 Å². The molecule has 3 nitrogen and oxygen atoms in total. The smallest absolute Gasteiger partial charge is 0.333 e. The van der Waals surface area contributed by atoms with Crippen LogP contribution in [0.5, 0.6) is 0 Å². The Labute approximate surface area is 235 Å². The van der Waals surface area contributed by atoms with E-state index in [4.69, 9.17) is 4.74 Å². The van der Waals surface area contributed by atoms with E-state index in [9.17, 15) is 9.90 Å². The molecular formula is C35H60O3. The molecular weight excluding hydrogens is 468 g/mol. The molecule has 4 saturated carbocycles. The molecule has 4 aliphatic rings. The van der Waals surface area contributed by atoms with Gasteiger partial charge < -0.3 is 9.84 Å². The van der Waals surface area contributed by atoms with Crippen LogP contribution in [0.4, 0.5) is 0 Å². The zero-order valence-corrected chi connectivity index (χ0v) is 25.0. The number of ether oxygens (including phenoxy) is 1. The van der Waals surface area contributed by atoms with E-state index < -0.39 is 0 Å². The SMILES string of the molecule is C=C(C)C(=O)OCC(CCO)C1CCC(C2CCC(C3CCC4CC(CCCCC)CCC4C3)CC2)CC1. The maximum Gasteiger partial charge on any atom is 0.333 e. The van der Waals surface area contributed by atoms with Gasteiger partial charge in [0.1, 0.15) is 0 Å². The van der Waals surface area contributed by atoms with E-state index >= 15 is 0 Å². The van der Waals surface area contributed by atoms with Crippen LogP contribution in [-0.4, -0.2) is 24.3 Å². The number of carbonyl (C=O) groups is 1. The first-order valence-electron chi connectivity index (χ1n) is 16.9. The van der Waals surface area contributed by atoms with Crippen LogP contribution in [0.25, 0.3) is 0 Å². The molecule has 0 heterocycles. The van der Waals surface area contributed by atoms with Crippen LogP contribution >= 0.6 is 0 Å².